The van der Waals surface area contributed by atoms with Crippen LogP contribution in [-0.2, 0) is 4.74 Å². The quantitative estimate of drug-likeness (QED) is 0.493. The van der Waals surface area contributed by atoms with Gasteiger partial charge in [0, 0.05) is 6.07 Å². The molecule has 1 aromatic carbocycles. The van der Waals surface area contributed by atoms with E-state index in [0.717, 1.165) is 17.6 Å². The van der Waals surface area contributed by atoms with Gasteiger partial charge in [0.05, 0.1) is 17.9 Å². The SMILES string of the molecule is CCSCCCOC(=O)c1cc(N)c(F)cc1F. The molecule has 0 saturated heterocycles. The molecule has 0 aliphatic rings. The molecule has 3 nitrogen and oxygen atoms in total. The Balaban J connectivity index is 2.54. The predicted octanol–water partition coefficient (Wildman–Crippen LogP) is 2.85. The molecular weight excluding hydrogens is 260 g/mol. The van der Waals surface area contributed by atoms with Gasteiger partial charge < -0.3 is 10.5 Å². The van der Waals surface area contributed by atoms with E-state index in [1.54, 1.807) is 11.8 Å². The summed E-state index contributed by atoms with van der Waals surface area (Å²) in [7, 11) is 0. The van der Waals surface area contributed by atoms with E-state index in [9.17, 15) is 13.6 Å². The molecule has 0 unspecified atom stereocenters. The Kier molecular flexibility index (Phi) is 5.91. The highest BCUT2D eigenvalue weighted by Gasteiger charge is 2.16. The highest BCUT2D eigenvalue weighted by atomic mass is 32.2. The number of ether oxygens (including phenoxy) is 1. The highest BCUT2D eigenvalue weighted by molar-refractivity contribution is 7.99. The average Bonchev–Trinajstić information content (AvgIpc) is 2.33. The Bertz CT molecular complexity index is 427. The molecule has 0 aliphatic carbocycles. The van der Waals surface area contributed by atoms with Crippen LogP contribution in [0.15, 0.2) is 12.1 Å². The molecule has 100 valence electrons. The first-order valence-corrected chi connectivity index (χ1v) is 6.71. The van der Waals surface area contributed by atoms with Crippen LogP contribution in [0.3, 0.4) is 0 Å². The Labute approximate surface area is 109 Å². The number of hydrogen-bond acceptors (Lipinski definition) is 4. The van der Waals surface area contributed by atoms with Crippen LogP contribution in [0.1, 0.15) is 23.7 Å². The minimum atomic E-state index is -0.963. The Morgan fingerprint density at radius 2 is 2.11 bits per heavy atom. The zero-order valence-corrected chi connectivity index (χ0v) is 10.9. The summed E-state index contributed by atoms with van der Waals surface area (Å²) in [4.78, 5) is 11.5. The third kappa shape index (κ3) is 4.18. The van der Waals surface area contributed by atoms with Crippen molar-refractivity contribution in [2.24, 2.45) is 0 Å². The second kappa shape index (κ2) is 7.20. The fraction of sp³-hybridized carbons (Fsp3) is 0.417. The van der Waals surface area contributed by atoms with Crippen molar-refractivity contribution in [1.29, 1.82) is 0 Å². The van der Waals surface area contributed by atoms with Gasteiger partial charge in [-0.2, -0.15) is 11.8 Å². The number of carbonyl (C=O) groups is 1. The standard InChI is InChI=1S/C12H15F2NO2S/c1-2-18-5-3-4-17-12(16)8-6-11(15)10(14)7-9(8)13/h6-7H,2-5,15H2,1H3. The molecule has 0 bridgehead atoms. The van der Waals surface area contributed by atoms with Gasteiger partial charge >= 0.3 is 5.97 Å². The normalized spacial score (nSPS) is 10.4. The predicted molar refractivity (Wildman–Crippen MR) is 68.7 cm³/mol. The van der Waals surface area contributed by atoms with Gasteiger partial charge in [-0.25, -0.2) is 13.6 Å². The van der Waals surface area contributed by atoms with E-state index in [0.29, 0.717) is 12.5 Å². The molecule has 2 N–H and O–H groups in total. The van der Waals surface area contributed by atoms with Crippen molar-refractivity contribution in [3.05, 3.63) is 29.3 Å². The van der Waals surface area contributed by atoms with E-state index < -0.39 is 17.6 Å². The molecular formula is C12H15F2NO2S. The summed E-state index contributed by atoms with van der Waals surface area (Å²) in [5.74, 6) is -0.798. The molecule has 18 heavy (non-hydrogen) atoms. The van der Waals surface area contributed by atoms with Crippen LogP contribution in [0.25, 0.3) is 0 Å². The van der Waals surface area contributed by atoms with Crippen molar-refractivity contribution in [2.45, 2.75) is 13.3 Å². The van der Waals surface area contributed by atoms with E-state index in [-0.39, 0.29) is 17.9 Å². The lowest BCUT2D eigenvalue weighted by atomic mass is 10.2. The number of thioether (sulfide) groups is 1. The summed E-state index contributed by atoms with van der Waals surface area (Å²) in [5.41, 5.74) is 4.66. The second-order valence-electron chi connectivity index (χ2n) is 3.54. The largest absolute Gasteiger partial charge is 0.462 e. The maximum atomic E-state index is 13.3. The van der Waals surface area contributed by atoms with Crippen LogP contribution in [0.2, 0.25) is 0 Å². The lowest BCUT2D eigenvalue weighted by Crippen LogP contribution is -2.10. The Hall–Kier alpha value is -1.30. The first-order chi connectivity index (χ1) is 8.56. The highest BCUT2D eigenvalue weighted by Crippen LogP contribution is 2.17. The number of carbonyl (C=O) groups excluding carboxylic acids is 1. The topological polar surface area (TPSA) is 52.3 Å². The van der Waals surface area contributed by atoms with Crippen LogP contribution in [0.5, 0.6) is 0 Å². The molecule has 0 atom stereocenters. The average molecular weight is 275 g/mol. The number of hydrogen-bond donors (Lipinski definition) is 1. The van der Waals surface area contributed by atoms with Crippen LogP contribution in [-0.4, -0.2) is 24.1 Å². The van der Waals surface area contributed by atoms with Crippen molar-refractivity contribution in [2.75, 3.05) is 23.8 Å². The molecule has 0 heterocycles. The zero-order chi connectivity index (χ0) is 13.5. The van der Waals surface area contributed by atoms with Gasteiger partial charge in [0.25, 0.3) is 0 Å². The fourth-order valence-corrected chi connectivity index (χ4v) is 1.88. The number of anilines is 1. The van der Waals surface area contributed by atoms with Gasteiger partial charge in [0.2, 0.25) is 0 Å². The summed E-state index contributed by atoms with van der Waals surface area (Å²) >= 11 is 1.73. The summed E-state index contributed by atoms with van der Waals surface area (Å²) in [6.45, 7) is 2.25. The summed E-state index contributed by atoms with van der Waals surface area (Å²) in [5, 5.41) is 0. The van der Waals surface area contributed by atoms with Gasteiger partial charge in [-0.1, -0.05) is 6.92 Å². The molecule has 0 radical (unpaired) electrons. The van der Waals surface area contributed by atoms with Gasteiger partial charge in [0.15, 0.2) is 0 Å². The minimum Gasteiger partial charge on any atom is -0.462 e. The molecule has 6 heteroatoms. The molecule has 0 saturated carbocycles. The minimum absolute atomic E-state index is 0.211. The van der Waals surface area contributed by atoms with Crippen molar-refractivity contribution in [3.63, 3.8) is 0 Å². The molecule has 1 aromatic rings. The van der Waals surface area contributed by atoms with E-state index in [4.69, 9.17) is 10.5 Å². The Morgan fingerprint density at radius 3 is 2.78 bits per heavy atom. The molecule has 0 aromatic heterocycles. The van der Waals surface area contributed by atoms with Gasteiger partial charge in [0.1, 0.15) is 11.6 Å². The lowest BCUT2D eigenvalue weighted by Gasteiger charge is -2.06. The summed E-state index contributed by atoms with van der Waals surface area (Å²) in [6.07, 6.45) is 0.697. The fourth-order valence-electron chi connectivity index (χ4n) is 1.27. The first-order valence-electron chi connectivity index (χ1n) is 5.55. The number of benzene rings is 1. The summed E-state index contributed by atoms with van der Waals surface area (Å²) in [6, 6.07) is 1.53. The van der Waals surface area contributed by atoms with Crippen LogP contribution in [0.4, 0.5) is 14.5 Å². The number of halogens is 2. The van der Waals surface area contributed by atoms with Crippen LogP contribution in [0, 0.1) is 11.6 Å². The van der Waals surface area contributed by atoms with Crippen LogP contribution < -0.4 is 5.73 Å². The van der Waals surface area contributed by atoms with Gasteiger partial charge in [-0.3, -0.25) is 0 Å². The maximum Gasteiger partial charge on any atom is 0.341 e. The smallest absolute Gasteiger partial charge is 0.341 e. The zero-order valence-electron chi connectivity index (χ0n) is 10.0. The van der Waals surface area contributed by atoms with E-state index in [1.165, 1.54) is 0 Å². The number of nitrogen functional groups attached to an aromatic ring is 1. The van der Waals surface area contributed by atoms with E-state index in [1.807, 2.05) is 6.92 Å². The third-order valence-electron chi connectivity index (χ3n) is 2.18. The van der Waals surface area contributed by atoms with Gasteiger partial charge in [-0.15, -0.1) is 0 Å². The lowest BCUT2D eigenvalue weighted by molar-refractivity contribution is 0.0501. The number of nitrogens with two attached hydrogens (primary N) is 1. The second-order valence-corrected chi connectivity index (χ2v) is 4.93. The maximum absolute atomic E-state index is 13.3. The Morgan fingerprint density at radius 1 is 1.39 bits per heavy atom. The van der Waals surface area contributed by atoms with E-state index >= 15 is 0 Å². The third-order valence-corrected chi connectivity index (χ3v) is 3.16. The molecule has 0 spiro atoms. The molecule has 0 aliphatic heterocycles. The van der Waals surface area contributed by atoms with Crippen molar-refractivity contribution >= 4 is 23.4 Å². The first kappa shape index (κ1) is 14.8. The molecule has 1 rings (SSSR count). The molecule has 0 amide bonds. The monoisotopic (exact) mass is 275 g/mol. The summed E-state index contributed by atoms with van der Waals surface area (Å²) < 4.78 is 31.1. The van der Waals surface area contributed by atoms with E-state index in [2.05, 4.69) is 0 Å². The van der Waals surface area contributed by atoms with Crippen LogP contribution >= 0.6 is 11.8 Å². The van der Waals surface area contributed by atoms with Crippen molar-refractivity contribution < 1.29 is 18.3 Å². The number of esters is 1. The molecule has 0 fully saturated rings. The number of rotatable bonds is 6. The van der Waals surface area contributed by atoms with Crippen molar-refractivity contribution in [3.8, 4) is 0 Å². The van der Waals surface area contributed by atoms with Gasteiger partial charge in [-0.05, 0) is 24.0 Å². The van der Waals surface area contributed by atoms with Crippen molar-refractivity contribution in [1.82, 2.24) is 0 Å².